The fraction of sp³-hybridized carbons (Fsp3) is 0.231. The number of hydrogen-bond acceptors (Lipinski definition) is 2. The van der Waals surface area contributed by atoms with Crippen molar-refractivity contribution in [1.82, 2.24) is 15.1 Å². The van der Waals surface area contributed by atoms with Gasteiger partial charge in [0.05, 0.1) is 34.2 Å². The van der Waals surface area contributed by atoms with Crippen molar-refractivity contribution in [3.8, 4) is 0 Å². The Morgan fingerprint density at radius 3 is 2.76 bits per heavy atom. The number of aromatic nitrogens is 2. The number of thiocarbonyl (C=S) groups is 1. The van der Waals surface area contributed by atoms with E-state index in [0.29, 0.717) is 32.4 Å². The van der Waals surface area contributed by atoms with Crippen LogP contribution in [0.2, 0.25) is 15.1 Å². The minimum atomic E-state index is 0.430. The molecular formula is C13H13Cl3N4S. The largest absolute Gasteiger partial charge is 0.357 e. The SMILES string of the molecule is CCn1ncc(Cl)c1CNC(=S)Nc1cc(Cl)ccc1Cl. The smallest absolute Gasteiger partial charge is 0.171 e. The molecular weight excluding hydrogens is 351 g/mol. The van der Waals surface area contributed by atoms with Gasteiger partial charge in [0.2, 0.25) is 0 Å². The highest BCUT2D eigenvalue weighted by molar-refractivity contribution is 7.80. The molecule has 0 spiro atoms. The second-order valence-electron chi connectivity index (χ2n) is 4.19. The second-order valence-corrected chi connectivity index (χ2v) is 5.85. The van der Waals surface area contributed by atoms with E-state index in [4.69, 9.17) is 47.0 Å². The number of nitrogens with one attached hydrogen (secondary N) is 2. The summed E-state index contributed by atoms with van der Waals surface area (Å²) in [6.45, 7) is 3.20. The highest BCUT2D eigenvalue weighted by Crippen LogP contribution is 2.25. The van der Waals surface area contributed by atoms with Crippen LogP contribution in [0.5, 0.6) is 0 Å². The molecule has 8 heteroatoms. The highest BCUT2D eigenvalue weighted by atomic mass is 35.5. The zero-order chi connectivity index (χ0) is 15.4. The number of halogens is 3. The maximum absolute atomic E-state index is 6.09. The van der Waals surface area contributed by atoms with Crippen LogP contribution >= 0.6 is 47.0 Å². The second kappa shape index (κ2) is 7.31. The van der Waals surface area contributed by atoms with Gasteiger partial charge in [-0.2, -0.15) is 5.10 Å². The molecule has 0 saturated carbocycles. The van der Waals surface area contributed by atoms with Gasteiger partial charge in [0.1, 0.15) is 0 Å². The van der Waals surface area contributed by atoms with Gasteiger partial charge in [-0.3, -0.25) is 4.68 Å². The molecule has 2 rings (SSSR count). The van der Waals surface area contributed by atoms with Crippen LogP contribution in [0.25, 0.3) is 0 Å². The summed E-state index contributed by atoms with van der Waals surface area (Å²) in [5, 5.41) is 12.4. The van der Waals surface area contributed by atoms with Crippen LogP contribution in [-0.2, 0) is 13.1 Å². The van der Waals surface area contributed by atoms with Gasteiger partial charge >= 0.3 is 0 Å². The lowest BCUT2D eigenvalue weighted by Crippen LogP contribution is -2.29. The van der Waals surface area contributed by atoms with E-state index in [1.807, 2.05) is 11.6 Å². The van der Waals surface area contributed by atoms with Gasteiger partial charge in [-0.05, 0) is 37.3 Å². The third-order valence-corrected chi connectivity index (χ3v) is 3.92. The molecule has 1 aromatic carbocycles. The van der Waals surface area contributed by atoms with Crippen molar-refractivity contribution in [3.05, 3.63) is 45.2 Å². The van der Waals surface area contributed by atoms with Crippen LogP contribution in [0.15, 0.2) is 24.4 Å². The summed E-state index contributed by atoms with van der Waals surface area (Å²) in [6, 6.07) is 5.13. The van der Waals surface area contributed by atoms with E-state index < -0.39 is 0 Å². The number of aryl methyl sites for hydroxylation is 1. The third kappa shape index (κ3) is 4.23. The molecule has 0 bridgehead atoms. The van der Waals surface area contributed by atoms with Crippen molar-refractivity contribution in [1.29, 1.82) is 0 Å². The summed E-state index contributed by atoms with van der Waals surface area (Å²) < 4.78 is 1.81. The molecule has 2 aromatic rings. The molecule has 4 nitrogen and oxygen atoms in total. The summed E-state index contributed by atoms with van der Waals surface area (Å²) in [7, 11) is 0. The van der Waals surface area contributed by atoms with Crippen LogP contribution in [0, 0.1) is 0 Å². The summed E-state index contributed by atoms with van der Waals surface area (Å²) in [4.78, 5) is 0. The van der Waals surface area contributed by atoms with Crippen molar-refractivity contribution in [3.63, 3.8) is 0 Å². The standard InChI is InChI=1S/C13H13Cl3N4S/c1-2-20-12(10(16)6-18-20)7-17-13(21)19-11-5-8(14)3-4-9(11)15/h3-6H,2,7H2,1H3,(H2,17,19,21). The molecule has 21 heavy (non-hydrogen) atoms. The predicted molar refractivity (Wildman–Crippen MR) is 92.4 cm³/mol. The fourth-order valence-corrected chi connectivity index (χ4v) is 2.49. The monoisotopic (exact) mass is 362 g/mol. The van der Waals surface area contributed by atoms with Crippen LogP contribution in [0.1, 0.15) is 12.6 Å². The minimum absolute atomic E-state index is 0.430. The zero-order valence-corrected chi connectivity index (χ0v) is 14.2. The molecule has 0 fully saturated rings. The van der Waals surface area contributed by atoms with Crippen molar-refractivity contribution < 1.29 is 0 Å². The average molecular weight is 364 g/mol. The lowest BCUT2D eigenvalue weighted by Gasteiger charge is -2.13. The molecule has 112 valence electrons. The van der Waals surface area contributed by atoms with Crippen LogP contribution in [0.4, 0.5) is 5.69 Å². The van der Waals surface area contributed by atoms with Gasteiger partial charge in [0.15, 0.2) is 5.11 Å². The van der Waals surface area contributed by atoms with E-state index in [9.17, 15) is 0 Å². The van der Waals surface area contributed by atoms with Crippen molar-refractivity contribution >= 4 is 57.8 Å². The van der Waals surface area contributed by atoms with Gasteiger partial charge in [-0.15, -0.1) is 0 Å². The Morgan fingerprint density at radius 2 is 2.05 bits per heavy atom. The molecule has 0 saturated heterocycles. The molecule has 0 aliphatic heterocycles. The Morgan fingerprint density at radius 1 is 1.29 bits per heavy atom. The zero-order valence-electron chi connectivity index (χ0n) is 11.2. The first-order valence-electron chi connectivity index (χ1n) is 6.21. The van der Waals surface area contributed by atoms with Gasteiger partial charge < -0.3 is 10.6 Å². The maximum Gasteiger partial charge on any atom is 0.171 e. The number of rotatable bonds is 4. The topological polar surface area (TPSA) is 41.9 Å². The molecule has 0 radical (unpaired) electrons. The average Bonchev–Trinajstić information content (AvgIpc) is 2.81. The lowest BCUT2D eigenvalue weighted by atomic mass is 10.3. The van der Waals surface area contributed by atoms with Crippen LogP contribution in [0.3, 0.4) is 0 Å². The Bertz CT molecular complexity index is 657. The maximum atomic E-state index is 6.09. The van der Waals surface area contributed by atoms with Crippen molar-refractivity contribution in [2.24, 2.45) is 0 Å². The van der Waals surface area contributed by atoms with Crippen LogP contribution in [-0.4, -0.2) is 14.9 Å². The number of nitrogens with zero attached hydrogens (tertiary/aromatic N) is 2. The first-order valence-corrected chi connectivity index (χ1v) is 7.75. The molecule has 1 heterocycles. The summed E-state index contributed by atoms with van der Waals surface area (Å²) in [5.74, 6) is 0. The number of hydrogen-bond donors (Lipinski definition) is 2. The highest BCUT2D eigenvalue weighted by Gasteiger charge is 2.09. The first-order chi connectivity index (χ1) is 10.0. The number of benzene rings is 1. The molecule has 0 amide bonds. The van der Waals surface area contributed by atoms with Crippen molar-refractivity contribution in [2.75, 3.05) is 5.32 Å². The van der Waals surface area contributed by atoms with E-state index in [0.717, 1.165) is 12.2 Å². The normalized spacial score (nSPS) is 10.5. The third-order valence-electron chi connectivity index (χ3n) is 2.79. The van der Waals surface area contributed by atoms with Gasteiger partial charge in [0.25, 0.3) is 0 Å². The summed E-state index contributed by atoms with van der Waals surface area (Å²) >= 11 is 23.3. The van der Waals surface area contributed by atoms with Gasteiger partial charge in [-0.1, -0.05) is 34.8 Å². The van der Waals surface area contributed by atoms with E-state index >= 15 is 0 Å². The molecule has 0 atom stereocenters. The van der Waals surface area contributed by atoms with E-state index in [1.165, 1.54) is 0 Å². The van der Waals surface area contributed by atoms with Crippen molar-refractivity contribution in [2.45, 2.75) is 20.0 Å². The van der Waals surface area contributed by atoms with E-state index in [2.05, 4.69) is 15.7 Å². The summed E-state index contributed by atoms with van der Waals surface area (Å²) in [5.41, 5.74) is 1.53. The molecule has 0 aliphatic carbocycles. The Hall–Kier alpha value is -1.01. The minimum Gasteiger partial charge on any atom is -0.357 e. The Balaban J connectivity index is 1.99. The van der Waals surface area contributed by atoms with Gasteiger partial charge in [0, 0.05) is 11.6 Å². The van der Waals surface area contributed by atoms with Crippen LogP contribution < -0.4 is 10.6 Å². The summed E-state index contributed by atoms with van der Waals surface area (Å²) in [6.07, 6.45) is 1.62. The van der Waals surface area contributed by atoms with E-state index in [-0.39, 0.29) is 0 Å². The lowest BCUT2D eigenvalue weighted by molar-refractivity contribution is 0.614. The molecule has 2 N–H and O–H groups in total. The predicted octanol–water partition coefficient (Wildman–Crippen LogP) is 4.35. The van der Waals surface area contributed by atoms with E-state index in [1.54, 1.807) is 24.4 Å². The Kier molecular flexibility index (Phi) is 5.70. The Labute approximate surface area is 143 Å². The molecule has 1 aromatic heterocycles. The number of anilines is 1. The quantitative estimate of drug-likeness (QED) is 0.793. The fourth-order valence-electron chi connectivity index (χ4n) is 1.76. The molecule has 0 unspecified atom stereocenters. The first kappa shape index (κ1) is 16.4. The molecule has 0 aliphatic rings. The van der Waals surface area contributed by atoms with Gasteiger partial charge in [-0.25, -0.2) is 0 Å².